The van der Waals surface area contributed by atoms with Crippen LogP contribution >= 0.6 is 0 Å². The van der Waals surface area contributed by atoms with E-state index in [1.54, 1.807) is 0 Å². The van der Waals surface area contributed by atoms with Crippen molar-refractivity contribution < 1.29 is 0 Å². The fourth-order valence-electron chi connectivity index (χ4n) is 5.25. The van der Waals surface area contributed by atoms with Crippen LogP contribution in [-0.2, 0) is 0 Å². The molecule has 0 saturated carbocycles. The first-order valence-corrected chi connectivity index (χ1v) is 12.4. The zero-order chi connectivity index (χ0) is 24.5. The first-order chi connectivity index (χ1) is 17.0. The molecule has 0 unspecified atom stereocenters. The fraction of sp³-hybridized carbons (Fsp3) is 0.143. The average molecular weight is 453 g/mol. The van der Waals surface area contributed by atoms with Crippen molar-refractivity contribution in [2.24, 2.45) is 0 Å². The number of aryl methyl sites for hydroxylation is 2. The molecule has 5 aromatic carbocycles. The van der Waals surface area contributed by atoms with E-state index in [-0.39, 0.29) is 0 Å². The second-order valence-electron chi connectivity index (χ2n) is 9.52. The molecule has 0 aromatic heterocycles. The average Bonchev–Trinajstić information content (AvgIpc) is 2.88. The van der Waals surface area contributed by atoms with Crippen molar-refractivity contribution in [2.75, 3.05) is 0 Å². The number of rotatable bonds is 4. The third-order valence-corrected chi connectivity index (χ3v) is 7.33. The minimum Gasteiger partial charge on any atom is -0.0871 e. The summed E-state index contributed by atoms with van der Waals surface area (Å²) in [7, 11) is 0. The van der Waals surface area contributed by atoms with Crippen LogP contribution in [0, 0.1) is 27.7 Å². The standard InChI is InChI=1S/C35H32/c1-6-12-27-18-20-32(33(22-27)28-13-8-7-9-14-28)35-26(5)25(4)34(30-15-10-11-16-31(30)35)29-19-17-23(2)24(3)21-29/h6-22H,1-5H3/b12-6+. The van der Waals surface area contributed by atoms with Gasteiger partial charge in [0.25, 0.3) is 0 Å². The molecule has 0 aliphatic heterocycles. The van der Waals surface area contributed by atoms with Crippen molar-refractivity contribution in [3.8, 4) is 33.4 Å². The minimum absolute atomic E-state index is 1.22. The lowest BCUT2D eigenvalue weighted by Crippen LogP contribution is -1.97. The molecule has 0 heteroatoms. The van der Waals surface area contributed by atoms with Crippen molar-refractivity contribution in [3.05, 3.63) is 125 Å². The molecule has 0 aliphatic carbocycles. The molecule has 0 amide bonds. The Kier molecular flexibility index (Phi) is 6.14. The van der Waals surface area contributed by atoms with Gasteiger partial charge in [-0.25, -0.2) is 0 Å². The van der Waals surface area contributed by atoms with Crippen molar-refractivity contribution >= 4 is 16.8 Å². The molecule has 5 aromatic rings. The number of fused-ring (bicyclic) bond motifs is 1. The van der Waals surface area contributed by atoms with Gasteiger partial charge >= 0.3 is 0 Å². The maximum Gasteiger partial charge on any atom is -0.00668 e. The van der Waals surface area contributed by atoms with Crippen LogP contribution < -0.4 is 0 Å². The maximum absolute atomic E-state index is 2.34. The second-order valence-corrected chi connectivity index (χ2v) is 9.52. The Labute approximate surface area is 209 Å². The molecule has 0 radical (unpaired) electrons. The first kappa shape index (κ1) is 22.9. The number of benzene rings is 5. The highest BCUT2D eigenvalue weighted by Crippen LogP contribution is 2.44. The number of hydrogen-bond donors (Lipinski definition) is 0. The van der Waals surface area contributed by atoms with Crippen LogP contribution in [0.1, 0.15) is 34.7 Å². The van der Waals surface area contributed by atoms with Crippen LogP contribution in [0.3, 0.4) is 0 Å². The quantitative estimate of drug-likeness (QED) is 0.254. The van der Waals surface area contributed by atoms with Crippen LogP contribution in [0.15, 0.2) is 97.1 Å². The van der Waals surface area contributed by atoms with Crippen LogP contribution in [0.2, 0.25) is 0 Å². The summed E-state index contributed by atoms with van der Waals surface area (Å²) in [5.41, 5.74) is 14.3. The van der Waals surface area contributed by atoms with E-state index in [9.17, 15) is 0 Å². The van der Waals surface area contributed by atoms with Crippen molar-refractivity contribution in [1.29, 1.82) is 0 Å². The van der Waals surface area contributed by atoms with E-state index < -0.39 is 0 Å². The molecular formula is C35H32. The zero-order valence-corrected chi connectivity index (χ0v) is 21.3. The van der Waals surface area contributed by atoms with Crippen molar-refractivity contribution in [2.45, 2.75) is 34.6 Å². The largest absolute Gasteiger partial charge is 0.0871 e. The fourth-order valence-corrected chi connectivity index (χ4v) is 5.25. The molecule has 35 heavy (non-hydrogen) atoms. The van der Waals surface area contributed by atoms with E-state index in [1.165, 1.54) is 72.0 Å². The predicted molar refractivity (Wildman–Crippen MR) is 154 cm³/mol. The van der Waals surface area contributed by atoms with E-state index >= 15 is 0 Å². The van der Waals surface area contributed by atoms with Gasteiger partial charge < -0.3 is 0 Å². The molecule has 0 heterocycles. The topological polar surface area (TPSA) is 0 Å². The molecule has 0 bridgehead atoms. The Morgan fingerprint density at radius 3 is 1.86 bits per heavy atom. The van der Waals surface area contributed by atoms with Crippen LogP contribution in [0.4, 0.5) is 0 Å². The lowest BCUT2D eigenvalue weighted by Gasteiger charge is -2.22. The second kappa shape index (κ2) is 9.39. The summed E-state index contributed by atoms with van der Waals surface area (Å²) in [4.78, 5) is 0. The summed E-state index contributed by atoms with van der Waals surface area (Å²) in [6, 6.07) is 33.4. The summed E-state index contributed by atoms with van der Waals surface area (Å²) >= 11 is 0. The third kappa shape index (κ3) is 4.10. The third-order valence-electron chi connectivity index (χ3n) is 7.33. The van der Waals surface area contributed by atoms with Gasteiger partial charge in [0, 0.05) is 0 Å². The smallest absolute Gasteiger partial charge is 0.00668 e. The van der Waals surface area contributed by atoms with E-state index in [2.05, 4.69) is 138 Å². The highest BCUT2D eigenvalue weighted by Gasteiger charge is 2.19. The first-order valence-electron chi connectivity index (χ1n) is 12.4. The summed E-state index contributed by atoms with van der Waals surface area (Å²) in [6.07, 6.45) is 4.28. The van der Waals surface area contributed by atoms with Gasteiger partial charge in [-0.05, 0) is 113 Å². The molecule has 172 valence electrons. The molecular weight excluding hydrogens is 420 g/mol. The summed E-state index contributed by atoms with van der Waals surface area (Å²) < 4.78 is 0. The number of allylic oxidation sites excluding steroid dienone is 1. The summed E-state index contributed by atoms with van der Waals surface area (Å²) in [6.45, 7) is 11.0. The lowest BCUT2D eigenvalue weighted by molar-refractivity contribution is 1.32. The molecule has 0 nitrogen and oxygen atoms in total. The van der Waals surface area contributed by atoms with Gasteiger partial charge in [-0.1, -0.05) is 97.1 Å². The van der Waals surface area contributed by atoms with Crippen molar-refractivity contribution in [1.82, 2.24) is 0 Å². The van der Waals surface area contributed by atoms with Gasteiger partial charge in [0.2, 0.25) is 0 Å². The SMILES string of the molecule is C/C=C/c1ccc(-c2c(C)c(C)c(-c3ccc(C)c(C)c3)c3ccccc23)c(-c2ccccc2)c1. The van der Waals surface area contributed by atoms with Gasteiger partial charge in [0.1, 0.15) is 0 Å². The van der Waals surface area contributed by atoms with Gasteiger partial charge in [-0.3, -0.25) is 0 Å². The van der Waals surface area contributed by atoms with E-state index in [1.807, 2.05) is 0 Å². The summed E-state index contributed by atoms with van der Waals surface area (Å²) in [5, 5.41) is 2.62. The van der Waals surface area contributed by atoms with Crippen LogP contribution in [-0.4, -0.2) is 0 Å². The normalized spacial score (nSPS) is 11.5. The Hall–Kier alpha value is -3.90. The van der Waals surface area contributed by atoms with E-state index in [0.29, 0.717) is 0 Å². The van der Waals surface area contributed by atoms with E-state index in [4.69, 9.17) is 0 Å². The monoisotopic (exact) mass is 452 g/mol. The van der Waals surface area contributed by atoms with Crippen LogP contribution in [0.5, 0.6) is 0 Å². The van der Waals surface area contributed by atoms with Gasteiger partial charge in [0.05, 0.1) is 0 Å². The van der Waals surface area contributed by atoms with Crippen molar-refractivity contribution in [3.63, 3.8) is 0 Å². The summed E-state index contributed by atoms with van der Waals surface area (Å²) in [5.74, 6) is 0. The van der Waals surface area contributed by atoms with Gasteiger partial charge in [0.15, 0.2) is 0 Å². The molecule has 0 atom stereocenters. The van der Waals surface area contributed by atoms with Gasteiger partial charge in [-0.2, -0.15) is 0 Å². The molecule has 0 fully saturated rings. The number of hydrogen-bond acceptors (Lipinski definition) is 0. The van der Waals surface area contributed by atoms with Crippen LogP contribution in [0.25, 0.3) is 50.2 Å². The molecule has 0 spiro atoms. The minimum atomic E-state index is 1.22. The Morgan fingerprint density at radius 1 is 0.514 bits per heavy atom. The molecule has 0 N–H and O–H groups in total. The van der Waals surface area contributed by atoms with E-state index in [0.717, 1.165) is 0 Å². The lowest BCUT2D eigenvalue weighted by atomic mass is 9.82. The highest BCUT2D eigenvalue weighted by molar-refractivity contribution is 6.09. The molecule has 0 saturated heterocycles. The maximum atomic E-state index is 2.34. The zero-order valence-electron chi connectivity index (χ0n) is 21.3. The highest BCUT2D eigenvalue weighted by atomic mass is 14.2. The predicted octanol–water partition coefficient (Wildman–Crippen LogP) is 10.1. The molecule has 5 rings (SSSR count). The Morgan fingerprint density at radius 2 is 1.17 bits per heavy atom. The Balaban J connectivity index is 1.86. The molecule has 0 aliphatic rings. The van der Waals surface area contributed by atoms with Gasteiger partial charge in [-0.15, -0.1) is 0 Å². The Bertz CT molecular complexity index is 1570.